The van der Waals surface area contributed by atoms with Crippen LogP contribution in [0.5, 0.6) is 23.0 Å². The van der Waals surface area contributed by atoms with E-state index < -0.39 is 10.8 Å². The van der Waals surface area contributed by atoms with Crippen molar-refractivity contribution in [2.75, 3.05) is 0 Å². The van der Waals surface area contributed by atoms with Crippen LogP contribution in [0.4, 0.5) is 0 Å². The van der Waals surface area contributed by atoms with Gasteiger partial charge in [0.2, 0.25) is 0 Å². The van der Waals surface area contributed by atoms with Gasteiger partial charge in [-0.15, -0.1) is 0 Å². The Balaban J connectivity index is 0.635. The van der Waals surface area contributed by atoms with Gasteiger partial charge < -0.3 is 9.47 Å². The summed E-state index contributed by atoms with van der Waals surface area (Å²) in [5.41, 5.74) is 34.6. The van der Waals surface area contributed by atoms with Crippen LogP contribution in [-0.4, -0.2) is 19.9 Å². The molecule has 2 bridgehead atoms. The fraction of sp³-hybridized carbons (Fsp3) is 0.0392. The molecule has 108 heavy (non-hydrogen) atoms. The molecule has 2 atom stereocenters. The second-order valence-electron chi connectivity index (χ2n) is 29.2. The molecular weight excluding hydrogens is 1310 g/mol. The number of ether oxygens (including phenoxy) is 2. The van der Waals surface area contributed by atoms with Crippen LogP contribution in [0.2, 0.25) is 0 Å². The Morgan fingerprint density at radius 2 is 0.481 bits per heavy atom. The Kier molecular flexibility index (Phi) is 13.0. The Morgan fingerprint density at radius 3 is 0.880 bits per heavy atom. The third kappa shape index (κ3) is 8.65. The molecule has 0 saturated carbocycles. The fourth-order valence-electron chi connectivity index (χ4n) is 19.4. The van der Waals surface area contributed by atoms with E-state index in [1.165, 1.54) is 77.9 Å². The number of para-hydroxylation sites is 2. The van der Waals surface area contributed by atoms with Crippen molar-refractivity contribution >= 4 is 0 Å². The van der Waals surface area contributed by atoms with E-state index in [0.717, 1.165) is 124 Å². The number of benzene rings is 15. The van der Waals surface area contributed by atoms with Crippen molar-refractivity contribution in [2.45, 2.75) is 22.7 Å². The molecule has 2 aromatic heterocycles. The highest BCUT2D eigenvalue weighted by molar-refractivity contribution is 5.94. The minimum absolute atomic E-state index is 0.0513. The molecule has 17 aromatic rings. The van der Waals surface area contributed by atoms with Crippen LogP contribution in [0.25, 0.3) is 112 Å². The van der Waals surface area contributed by atoms with Crippen LogP contribution < -0.4 is 9.47 Å². The second kappa shape index (κ2) is 23.3. The van der Waals surface area contributed by atoms with Gasteiger partial charge in [0.1, 0.15) is 23.0 Å². The van der Waals surface area contributed by atoms with E-state index in [1.54, 1.807) is 0 Å². The Hall–Kier alpha value is -13.9. The monoisotopic (exact) mass is 1370 g/mol. The van der Waals surface area contributed by atoms with E-state index in [1.807, 2.05) is 0 Å². The van der Waals surface area contributed by atoms with E-state index in [9.17, 15) is 0 Å². The number of aromatic nitrogens is 4. The molecule has 2 aliphatic heterocycles. The van der Waals surface area contributed by atoms with Gasteiger partial charge in [-0.3, -0.25) is 0 Å². The zero-order valence-electron chi connectivity index (χ0n) is 58.4. The first kappa shape index (κ1) is 60.5. The van der Waals surface area contributed by atoms with Gasteiger partial charge in [-0.1, -0.05) is 303 Å². The van der Waals surface area contributed by atoms with Crippen molar-refractivity contribution in [1.29, 1.82) is 0 Å². The zero-order chi connectivity index (χ0) is 70.8. The topological polar surface area (TPSA) is 70.0 Å². The lowest BCUT2D eigenvalue weighted by atomic mass is 9.61. The lowest BCUT2D eigenvalue weighted by molar-refractivity contribution is 0.436. The van der Waals surface area contributed by atoms with Gasteiger partial charge in [0, 0.05) is 67.5 Å². The van der Waals surface area contributed by atoms with Crippen molar-refractivity contribution in [1.82, 2.24) is 19.9 Å². The van der Waals surface area contributed by atoms with Gasteiger partial charge in [0.15, 0.2) is 11.6 Å². The van der Waals surface area contributed by atoms with Crippen LogP contribution in [0, 0.1) is 0 Å². The summed E-state index contributed by atoms with van der Waals surface area (Å²) in [4.78, 5) is 22.3. The van der Waals surface area contributed by atoms with Crippen molar-refractivity contribution in [3.63, 3.8) is 0 Å². The molecule has 0 N–H and O–H groups in total. The average Bonchev–Trinajstić information content (AvgIpc) is 1.45. The number of rotatable bonds is 8. The molecule has 6 heteroatoms. The molecule has 0 radical (unpaired) electrons. The first-order valence-corrected chi connectivity index (χ1v) is 37.2. The number of hydrogen-bond donors (Lipinski definition) is 0. The summed E-state index contributed by atoms with van der Waals surface area (Å²) in [6.07, 6.45) is 0. The molecule has 2 unspecified atom stereocenters. The van der Waals surface area contributed by atoms with Gasteiger partial charge in [0.25, 0.3) is 0 Å². The molecule has 502 valence electrons. The summed E-state index contributed by atoms with van der Waals surface area (Å²) in [5, 5.41) is 0. The van der Waals surface area contributed by atoms with E-state index in [4.69, 9.17) is 29.4 Å². The molecule has 24 rings (SSSR count). The summed E-state index contributed by atoms with van der Waals surface area (Å²) >= 11 is 0. The highest BCUT2D eigenvalue weighted by atomic mass is 16.5. The predicted octanol–water partition coefficient (Wildman–Crippen LogP) is 24.5. The molecule has 6 nitrogen and oxygen atoms in total. The molecule has 15 aromatic carbocycles. The van der Waals surface area contributed by atoms with E-state index in [-0.39, 0.29) is 11.8 Å². The number of fused-ring (bicyclic) bond motifs is 18. The standard InChI is InChI=1S/C102H62N4O2/c1-3-25-61(26-4-1)89-59-91(73-35-9-7-29-67(73)63-49-53-95-87(57-63)101(85-43-21-23-45-93(85)107-95)81-39-17-13-31-69(81)70-32-14-18-40-82(70)101)105-99(103-89)65-47-51-77-79(55-65)97-75-37-11-12-38-76(75)98(77)80-56-66(48-52-78(80)97)100-104-90(62-27-5-2-6-28-62)60-92(106-100)74-36-10-8-30-68(74)64-50-54-96-88(58-64)102(86-44-22-24-46-94(86)108-96)83-41-19-15-33-71(83)72-34-16-20-42-84(72)102/h1-60,97-98H. The van der Waals surface area contributed by atoms with Gasteiger partial charge in [-0.25, -0.2) is 19.9 Å². The van der Waals surface area contributed by atoms with Crippen molar-refractivity contribution in [3.8, 4) is 135 Å². The van der Waals surface area contributed by atoms with E-state index >= 15 is 0 Å². The van der Waals surface area contributed by atoms with Gasteiger partial charge in [-0.2, -0.15) is 0 Å². The molecule has 0 saturated heterocycles. The first-order chi connectivity index (χ1) is 53.5. The van der Waals surface area contributed by atoms with Crippen LogP contribution in [0.1, 0.15) is 89.7 Å². The first-order valence-electron chi connectivity index (χ1n) is 37.2. The van der Waals surface area contributed by atoms with Crippen molar-refractivity contribution < 1.29 is 9.47 Å². The third-order valence-corrected chi connectivity index (χ3v) is 23.9. The van der Waals surface area contributed by atoms with Crippen LogP contribution in [0.15, 0.2) is 364 Å². The van der Waals surface area contributed by atoms with E-state index in [2.05, 4.69) is 364 Å². The molecule has 0 amide bonds. The summed E-state index contributed by atoms with van der Waals surface area (Å²) in [6.45, 7) is 0. The second-order valence-corrected chi connectivity index (χ2v) is 29.2. The van der Waals surface area contributed by atoms with Crippen LogP contribution in [0.3, 0.4) is 0 Å². The highest BCUT2D eigenvalue weighted by Gasteiger charge is 2.53. The third-order valence-electron chi connectivity index (χ3n) is 23.9. The maximum Gasteiger partial charge on any atom is 0.160 e. The lowest BCUT2D eigenvalue weighted by Gasteiger charge is -2.42. The maximum absolute atomic E-state index is 6.91. The predicted molar refractivity (Wildman–Crippen MR) is 431 cm³/mol. The molecule has 4 heterocycles. The Bertz CT molecular complexity index is 6180. The lowest BCUT2D eigenvalue weighted by Crippen LogP contribution is -2.32. The van der Waals surface area contributed by atoms with Crippen molar-refractivity contribution in [2.24, 2.45) is 0 Å². The summed E-state index contributed by atoms with van der Waals surface area (Å²) in [7, 11) is 0. The zero-order valence-corrected chi connectivity index (χ0v) is 58.4. The smallest absolute Gasteiger partial charge is 0.160 e. The SMILES string of the molecule is c1ccc(-c2cc(-c3ccccc3-c3ccc4c(c3)C3(c5ccccc5O4)c4ccccc4-c4ccccc43)nc(-c3ccc4c(c3)C3c5ccccc5C4c4cc(-c5nc(-c6ccccc6)cc(-c6ccccc6-c6ccc7c(c6)C6(c8ccccc8O7)c7ccccc7-c7ccccc76)n5)ccc43)n2)cc1. The Labute approximate surface area is 625 Å². The molecular formula is C102H62N4O2. The average molecular weight is 1380 g/mol. The molecule has 2 spiro atoms. The summed E-state index contributed by atoms with van der Waals surface area (Å²) in [6, 6.07) is 132. The maximum atomic E-state index is 6.91. The number of nitrogens with zero attached hydrogens (tertiary/aromatic N) is 4. The van der Waals surface area contributed by atoms with E-state index in [0.29, 0.717) is 11.6 Å². The molecule has 7 aliphatic rings. The fourth-order valence-corrected chi connectivity index (χ4v) is 19.4. The number of hydrogen-bond acceptors (Lipinski definition) is 6. The Morgan fingerprint density at radius 1 is 0.185 bits per heavy atom. The van der Waals surface area contributed by atoms with Crippen LogP contribution in [-0.2, 0) is 10.8 Å². The summed E-state index contributed by atoms with van der Waals surface area (Å²) < 4.78 is 13.8. The largest absolute Gasteiger partial charge is 0.457 e. The van der Waals surface area contributed by atoms with Crippen molar-refractivity contribution in [3.05, 3.63) is 442 Å². The normalized spacial score (nSPS) is 15.1. The summed E-state index contributed by atoms with van der Waals surface area (Å²) in [5.74, 6) is 4.66. The quantitative estimate of drug-likeness (QED) is 0.151. The van der Waals surface area contributed by atoms with Gasteiger partial charge in [0.05, 0.1) is 33.6 Å². The highest BCUT2D eigenvalue weighted by Crippen LogP contribution is 2.65. The van der Waals surface area contributed by atoms with Crippen LogP contribution >= 0.6 is 0 Å². The molecule has 5 aliphatic carbocycles. The van der Waals surface area contributed by atoms with Gasteiger partial charge in [-0.05, 0) is 161 Å². The van der Waals surface area contributed by atoms with Gasteiger partial charge >= 0.3 is 0 Å². The minimum atomic E-state index is -0.610. The molecule has 0 fully saturated rings. The minimum Gasteiger partial charge on any atom is -0.457 e.